The Kier molecular flexibility index (Phi) is 3.66. The first-order chi connectivity index (χ1) is 7.33. The molecule has 1 aliphatic rings. The second kappa shape index (κ2) is 5.01. The van der Waals surface area contributed by atoms with Gasteiger partial charge in [0.15, 0.2) is 0 Å². The smallest absolute Gasteiger partial charge is 0.0801 e. The highest BCUT2D eigenvalue weighted by molar-refractivity contribution is 7.05. The fourth-order valence-corrected chi connectivity index (χ4v) is 2.81. The van der Waals surface area contributed by atoms with E-state index in [1.807, 2.05) is 0 Å². The summed E-state index contributed by atoms with van der Waals surface area (Å²) < 4.78 is 9.44. The van der Waals surface area contributed by atoms with Gasteiger partial charge in [-0.3, -0.25) is 0 Å². The minimum Gasteiger partial charge on any atom is -0.381 e. The number of rotatable bonds is 3. The van der Waals surface area contributed by atoms with Crippen LogP contribution in [0.1, 0.15) is 36.4 Å². The predicted octanol–water partition coefficient (Wildman–Crippen LogP) is 1.53. The van der Waals surface area contributed by atoms with Crippen LogP contribution in [0.25, 0.3) is 0 Å². The third kappa shape index (κ3) is 2.35. The summed E-state index contributed by atoms with van der Waals surface area (Å²) in [6, 6.07) is 0.0558. The van der Waals surface area contributed by atoms with Crippen molar-refractivity contribution in [1.29, 1.82) is 0 Å². The largest absolute Gasteiger partial charge is 0.381 e. The maximum atomic E-state index is 6.24. The van der Waals surface area contributed by atoms with Crippen molar-refractivity contribution in [2.75, 3.05) is 13.2 Å². The molecule has 2 rings (SSSR count). The molecule has 1 aromatic rings. The Morgan fingerprint density at radius 1 is 1.67 bits per heavy atom. The lowest BCUT2D eigenvalue weighted by Gasteiger charge is -2.26. The zero-order valence-electron chi connectivity index (χ0n) is 8.98. The normalized spacial score (nSPS) is 24.0. The SMILES string of the molecule is CCc1nnsc1C(N)C1CCCOC1. The highest BCUT2D eigenvalue weighted by atomic mass is 32.1. The lowest BCUT2D eigenvalue weighted by Crippen LogP contribution is -2.29. The lowest BCUT2D eigenvalue weighted by atomic mass is 9.92. The standard InChI is InChI=1S/C10H17N3OS/c1-2-8-10(15-13-12-8)9(11)7-4-3-5-14-6-7/h7,9H,2-6,11H2,1H3. The first-order valence-electron chi connectivity index (χ1n) is 5.47. The van der Waals surface area contributed by atoms with Crippen LogP contribution < -0.4 is 5.73 Å². The van der Waals surface area contributed by atoms with E-state index >= 15 is 0 Å². The van der Waals surface area contributed by atoms with Crippen LogP contribution in [0.2, 0.25) is 0 Å². The maximum absolute atomic E-state index is 6.24. The topological polar surface area (TPSA) is 61.0 Å². The Morgan fingerprint density at radius 2 is 2.53 bits per heavy atom. The van der Waals surface area contributed by atoms with E-state index in [0.717, 1.165) is 43.0 Å². The van der Waals surface area contributed by atoms with Crippen molar-refractivity contribution in [2.24, 2.45) is 11.7 Å². The van der Waals surface area contributed by atoms with Crippen molar-refractivity contribution in [3.63, 3.8) is 0 Å². The number of ether oxygens (including phenoxy) is 1. The fraction of sp³-hybridized carbons (Fsp3) is 0.800. The molecular formula is C10H17N3OS. The Labute approximate surface area is 94.0 Å². The third-order valence-electron chi connectivity index (χ3n) is 2.93. The van der Waals surface area contributed by atoms with E-state index in [2.05, 4.69) is 16.5 Å². The van der Waals surface area contributed by atoms with E-state index in [9.17, 15) is 0 Å². The third-order valence-corrected chi connectivity index (χ3v) is 3.79. The van der Waals surface area contributed by atoms with Gasteiger partial charge in [0.25, 0.3) is 0 Å². The molecule has 84 valence electrons. The van der Waals surface area contributed by atoms with Crippen molar-refractivity contribution >= 4 is 11.5 Å². The number of aryl methyl sites for hydroxylation is 1. The summed E-state index contributed by atoms with van der Waals surface area (Å²) in [6.07, 6.45) is 3.18. The summed E-state index contributed by atoms with van der Waals surface area (Å²) in [4.78, 5) is 1.15. The molecule has 15 heavy (non-hydrogen) atoms. The molecule has 0 radical (unpaired) electrons. The number of nitrogens with zero attached hydrogens (tertiary/aromatic N) is 2. The Hall–Kier alpha value is -0.520. The molecule has 2 atom stereocenters. The molecule has 5 heteroatoms. The van der Waals surface area contributed by atoms with Crippen molar-refractivity contribution in [3.05, 3.63) is 10.6 Å². The molecule has 4 nitrogen and oxygen atoms in total. The molecule has 0 saturated carbocycles. The van der Waals surface area contributed by atoms with Gasteiger partial charge >= 0.3 is 0 Å². The van der Waals surface area contributed by atoms with Gasteiger partial charge in [-0.2, -0.15) is 0 Å². The molecule has 0 aliphatic carbocycles. The minimum absolute atomic E-state index is 0.0558. The summed E-state index contributed by atoms with van der Waals surface area (Å²) >= 11 is 1.43. The van der Waals surface area contributed by atoms with Crippen molar-refractivity contribution in [3.8, 4) is 0 Å². The molecule has 2 N–H and O–H groups in total. The van der Waals surface area contributed by atoms with E-state index in [4.69, 9.17) is 10.5 Å². The zero-order chi connectivity index (χ0) is 10.7. The van der Waals surface area contributed by atoms with Gasteiger partial charge < -0.3 is 10.5 Å². The molecular weight excluding hydrogens is 210 g/mol. The number of aromatic nitrogens is 2. The molecule has 1 saturated heterocycles. The molecule has 1 fully saturated rings. The summed E-state index contributed by atoms with van der Waals surface area (Å²) in [7, 11) is 0. The minimum atomic E-state index is 0.0558. The molecule has 2 unspecified atom stereocenters. The summed E-state index contributed by atoms with van der Waals surface area (Å²) in [6.45, 7) is 3.75. The second-order valence-electron chi connectivity index (χ2n) is 3.94. The number of hydrogen-bond acceptors (Lipinski definition) is 5. The van der Waals surface area contributed by atoms with Crippen LogP contribution in [0.4, 0.5) is 0 Å². The van der Waals surface area contributed by atoms with Crippen LogP contribution in [0.15, 0.2) is 0 Å². The average molecular weight is 227 g/mol. The van der Waals surface area contributed by atoms with E-state index in [-0.39, 0.29) is 6.04 Å². The van der Waals surface area contributed by atoms with Crippen LogP contribution >= 0.6 is 11.5 Å². The van der Waals surface area contributed by atoms with E-state index in [0.29, 0.717) is 5.92 Å². The molecule has 0 amide bonds. The molecule has 1 aliphatic heterocycles. The lowest BCUT2D eigenvalue weighted by molar-refractivity contribution is 0.0451. The Bertz CT molecular complexity index is 309. The van der Waals surface area contributed by atoms with Gasteiger partial charge in [-0.15, -0.1) is 5.10 Å². The van der Waals surface area contributed by atoms with E-state index in [1.54, 1.807) is 0 Å². The zero-order valence-corrected chi connectivity index (χ0v) is 9.80. The summed E-state index contributed by atoms with van der Waals surface area (Å²) in [5.41, 5.74) is 7.29. The Morgan fingerprint density at radius 3 is 3.20 bits per heavy atom. The number of nitrogens with two attached hydrogens (primary N) is 1. The monoisotopic (exact) mass is 227 g/mol. The quantitative estimate of drug-likeness (QED) is 0.850. The van der Waals surface area contributed by atoms with Crippen molar-refractivity contribution in [1.82, 2.24) is 9.59 Å². The van der Waals surface area contributed by atoms with Crippen LogP contribution in [0, 0.1) is 5.92 Å². The van der Waals surface area contributed by atoms with Gasteiger partial charge in [-0.25, -0.2) is 0 Å². The maximum Gasteiger partial charge on any atom is 0.0801 e. The average Bonchev–Trinajstić information content (AvgIpc) is 2.77. The highest BCUT2D eigenvalue weighted by Crippen LogP contribution is 2.30. The highest BCUT2D eigenvalue weighted by Gasteiger charge is 2.25. The second-order valence-corrected chi connectivity index (χ2v) is 4.73. The van der Waals surface area contributed by atoms with Crippen molar-refractivity contribution < 1.29 is 4.74 Å². The summed E-state index contributed by atoms with van der Waals surface area (Å²) in [5.74, 6) is 0.436. The van der Waals surface area contributed by atoms with Gasteiger partial charge in [0.1, 0.15) is 0 Å². The van der Waals surface area contributed by atoms with Crippen molar-refractivity contribution in [2.45, 2.75) is 32.2 Å². The van der Waals surface area contributed by atoms with Gasteiger partial charge in [0.05, 0.1) is 17.2 Å². The summed E-state index contributed by atoms with van der Waals surface area (Å²) in [5, 5.41) is 4.10. The predicted molar refractivity (Wildman–Crippen MR) is 59.8 cm³/mol. The van der Waals surface area contributed by atoms with Gasteiger partial charge in [0.2, 0.25) is 0 Å². The van der Waals surface area contributed by atoms with Gasteiger partial charge in [-0.05, 0) is 30.8 Å². The van der Waals surface area contributed by atoms with Gasteiger partial charge in [-0.1, -0.05) is 11.4 Å². The first kappa shape index (κ1) is 11.0. The molecule has 0 spiro atoms. The first-order valence-corrected chi connectivity index (χ1v) is 6.24. The van der Waals surface area contributed by atoms with Gasteiger partial charge in [0, 0.05) is 18.6 Å². The molecule has 0 bridgehead atoms. The molecule has 1 aromatic heterocycles. The van der Waals surface area contributed by atoms with E-state index in [1.165, 1.54) is 11.5 Å². The van der Waals surface area contributed by atoms with Crippen LogP contribution in [-0.4, -0.2) is 22.8 Å². The Balaban J connectivity index is 2.08. The number of hydrogen-bond donors (Lipinski definition) is 1. The van der Waals surface area contributed by atoms with Crippen LogP contribution in [0.5, 0.6) is 0 Å². The fourth-order valence-electron chi connectivity index (χ4n) is 1.98. The molecule has 0 aromatic carbocycles. The molecule has 2 heterocycles. The van der Waals surface area contributed by atoms with E-state index < -0.39 is 0 Å². The van der Waals surface area contributed by atoms with Crippen LogP contribution in [0.3, 0.4) is 0 Å². The van der Waals surface area contributed by atoms with Crippen LogP contribution in [-0.2, 0) is 11.2 Å².